The van der Waals surface area contributed by atoms with Crippen molar-refractivity contribution >= 4 is 34.2 Å². The summed E-state index contributed by atoms with van der Waals surface area (Å²) in [5.74, 6) is -0.375. The van der Waals surface area contributed by atoms with Crippen LogP contribution in [0.1, 0.15) is 11.8 Å². The van der Waals surface area contributed by atoms with Gasteiger partial charge in [0, 0.05) is 11.9 Å². The Balaban J connectivity index is 2.11. The van der Waals surface area contributed by atoms with Gasteiger partial charge in [-0.1, -0.05) is 0 Å². The number of aliphatic hydroxyl groups excluding tert-OH is 2. The summed E-state index contributed by atoms with van der Waals surface area (Å²) in [6.45, 7) is -0.307. The zero-order valence-electron chi connectivity index (χ0n) is 15.2. The molecule has 0 aliphatic carbocycles. The van der Waals surface area contributed by atoms with Gasteiger partial charge in [-0.2, -0.15) is 5.48 Å². The number of aromatic nitrogens is 1. The Morgan fingerprint density at radius 3 is 2.86 bits per heavy atom. The largest absolute Gasteiger partial charge is 0.464 e. The molecule has 0 fully saturated rings. The van der Waals surface area contributed by atoms with E-state index < -0.39 is 12.0 Å². The van der Waals surface area contributed by atoms with Crippen LogP contribution in [0.15, 0.2) is 44.6 Å². The molecule has 2 aromatic heterocycles. The molecule has 0 bridgehead atoms. The van der Waals surface area contributed by atoms with Gasteiger partial charge in [-0.15, -0.1) is 11.8 Å². The highest BCUT2D eigenvalue weighted by molar-refractivity contribution is 7.98. The molecule has 10 heteroatoms. The van der Waals surface area contributed by atoms with Crippen molar-refractivity contribution in [2.75, 3.05) is 24.8 Å². The van der Waals surface area contributed by atoms with Crippen LogP contribution in [-0.2, 0) is 11.9 Å². The third-order valence-electron chi connectivity index (χ3n) is 4.13. The van der Waals surface area contributed by atoms with Crippen molar-refractivity contribution in [2.24, 2.45) is 7.05 Å². The molecule has 150 valence electrons. The summed E-state index contributed by atoms with van der Waals surface area (Å²) >= 11 is 1.40. The molecule has 0 saturated carbocycles. The van der Waals surface area contributed by atoms with Gasteiger partial charge in [0.25, 0.3) is 5.56 Å². The van der Waals surface area contributed by atoms with Gasteiger partial charge < -0.3 is 19.9 Å². The summed E-state index contributed by atoms with van der Waals surface area (Å²) < 4.78 is 21.1. The Morgan fingerprint density at radius 2 is 2.18 bits per heavy atom. The third-order valence-corrected chi connectivity index (χ3v) is 4.85. The second kappa shape index (κ2) is 8.76. The zero-order chi connectivity index (χ0) is 20.3. The highest BCUT2D eigenvalue weighted by Crippen LogP contribution is 2.32. The molecule has 0 aliphatic rings. The van der Waals surface area contributed by atoms with Crippen molar-refractivity contribution in [1.29, 1.82) is 0 Å². The van der Waals surface area contributed by atoms with Gasteiger partial charge in [-0.05, 0) is 30.5 Å². The Labute approximate surface area is 163 Å². The van der Waals surface area contributed by atoms with E-state index in [1.807, 2.05) is 6.26 Å². The van der Waals surface area contributed by atoms with Crippen molar-refractivity contribution in [3.05, 3.63) is 52.3 Å². The summed E-state index contributed by atoms with van der Waals surface area (Å²) in [6.07, 6.45) is 1.75. The van der Waals surface area contributed by atoms with Gasteiger partial charge >= 0.3 is 0 Å². The monoisotopic (exact) mass is 409 g/mol. The number of rotatable bonds is 8. The fraction of sp³-hybridized carbons (Fsp3) is 0.278. The molecule has 28 heavy (non-hydrogen) atoms. The Morgan fingerprint density at radius 1 is 1.39 bits per heavy atom. The van der Waals surface area contributed by atoms with Crippen molar-refractivity contribution < 1.29 is 23.9 Å². The van der Waals surface area contributed by atoms with E-state index in [1.165, 1.54) is 41.8 Å². The number of furan rings is 1. The standard InChI is InChI=1S/C18H20FN3O5S/c1-22-16(20-13-4-3-10(28-2)9-12(13)19)14(17(24)21-27-8-6-23)15-11(18(22)25)5-7-26-15/h3-5,7,9,17,20-21,23-24H,6,8H2,1-2H3. The molecule has 4 N–H and O–H groups in total. The van der Waals surface area contributed by atoms with Crippen LogP contribution in [0.5, 0.6) is 0 Å². The van der Waals surface area contributed by atoms with Crippen LogP contribution in [-0.4, -0.2) is 34.2 Å². The first kappa shape index (κ1) is 20.4. The Bertz CT molecular complexity index is 1040. The number of benzene rings is 1. The number of halogens is 1. The average molecular weight is 409 g/mol. The van der Waals surface area contributed by atoms with E-state index in [1.54, 1.807) is 12.1 Å². The normalized spacial score (nSPS) is 12.5. The van der Waals surface area contributed by atoms with Gasteiger partial charge in [0.1, 0.15) is 17.2 Å². The third kappa shape index (κ3) is 3.91. The molecule has 1 atom stereocenters. The van der Waals surface area contributed by atoms with E-state index in [0.29, 0.717) is 0 Å². The molecule has 8 nitrogen and oxygen atoms in total. The Kier molecular flexibility index (Phi) is 6.37. The molecular weight excluding hydrogens is 389 g/mol. The highest BCUT2D eigenvalue weighted by Gasteiger charge is 2.24. The number of nitrogens with zero attached hydrogens (tertiary/aromatic N) is 1. The van der Waals surface area contributed by atoms with E-state index in [0.717, 1.165) is 4.90 Å². The SMILES string of the molecule is CSc1ccc(Nc2c(C(O)NOCCO)c3occc3c(=O)n2C)c(F)c1. The quantitative estimate of drug-likeness (QED) is 0.194. The number of nitrogens with one attached hydrogen (secondary N) is 2. The molecule has 0 amide bonds. The molecule has 1 unspecified atom stereocenters. The lowest BCUT2D eigenvalue weighted by Gasteiger charge is -2.21. The van der Waals surface area contributed by atoms with E-state index in [2.05, 4.69) is 10.8 Å². The summed E-state index contributed by atoms with van der Waals surface area (Å²) in [5, 5.41) is 22.5. The van der Waals surface area contributed by atoms with Gasteiger partial charge in [0.2, 0.25) is 0 Å². The van der Waals surface area contributed by atoms with E-state index in [9.17, 15) is 14.3 Å². The highest BCUT2D eigenvalue weighted by atomic mass is 32.2. The number of anilines is 2. The second-order valence-corrected chi connectivity index (χ2v) is 6.73. The first-order valence-corrected chi connectivity index (χ1v) is 9.57. The van der Waals surface area contributed by atoms with E-state index in [-0.39, 0.29) is 46.8 Å². The minimum Gasteiger partial charge on any atom is -0.464 e. The Hall–Kier alpha value is -2.37. The second-order valence-electron chi connectivity index (χ2n) is 5.85. The average Bonchev–Trinajstić information content (AvgIpc) is 3.17. The minimum absolute atomic E-state index is 0.0579. The van der Waals surface area contributed by atoms with Crippen molar-refractivity contribution in [2.45, 2.75) is 11.1 Å². The predicted octanol–water partition coefficient (Wildman–Crippen LogP) is 2.24. The fourth-order valence-electron chi connectivity index (χ4n) is 2.76. The van der Waals surface area contributed by atoms with Gasteiger partial charge in [-0.25, -0.2) is 4.39 Å². The molecule has 0 aliphatic heterocycles. The molecular formula is C18H20FN3O5S. The smallest absolute Gasteiger partial charge is 0.263 e. The molecule has 1 aromatic carbocycles. The van der Waals surface area contributed by atoms with Gasteiger partial charge in [0.05, 0.1) is 36.1 Å². The van der Waals surface area contributed by atoms with Crippen molar-refractivity contribution in [3.8, 4) is 0 Å². The lowest BCUT2D eigenvalue weighted by atomic mass is 10.1. The number of fused-ring (bicyclic) bond motifs is 1. The van der Waals surface area contributed by atoms with Crippen molar-refractivity contribution in [3.63, 3.8) is 0 Å². The number of aliphatic hydroxyl groups is 2. The van der Waals surface area contributed by atoms with Crippen LogP contribution in [0.3, 0.4) is 0 Å². The molecule has 3 aromatic rings. The maximum atomic E-state index is 14.5. The van der Waals surface area contributed by atoms with Crippen LogP contribution in [0.4, 0.5) is 15.9 Å². The maximum absolute atomic E-state index is 14.5. The number of hydrogen-bond acceptors (Lipinski definition) is 8. The molecule has 2 heterocycles. The van der Waals surface area contributed by atoms with Crippen LogP contribution in [0.2, 0.25) is 0 Å². The summed E-state index contributed by atoms with van der Waals surface area (Å²) in [5.41, 5.74) is 2.42. The minimum atomic E-state index is -1.41. The topological polar surface area (TPSA) is 109 Å². The van der Waals surface area contributed by atoms with Crippen LogP contribution >= 0.6 is 11.8 Å². The zero-order valence-corrected chi connectivity index (χ0v) is 16.0. The summed E-state index contributed by atoms with van der Waals surface area (Å²) in [7, 11) is 1.50. The predicted molar refractivity (Wildman–Crippen MR) is 104 cm³/mol. The van der Waals surface area contributed by atoms with E-state index in [4.69, 9.17) is 14.4 Å². The lowest BCUT2D eigenvalue weighted by molar-refractivity contribution is -0.0673. The van der Waals surface area contributed by atoms with Crippen LogP contribution in [0.25, 0.3) is 11.0 Å². The number of pyridine rings is 1. The summed E-state index contributed by atoms with van der Waals surface area (Å²) in [6, 6.07) is 6.14. The van der Waals surface area contributed by atoms with Gasteiger partial charge in [0.15, 0.2) is 6.23 Å². The first-order valence-electron chi connectivity index (χ1n) is 8.34. The van der Waals surface area contributed by atoms with Gasteiger partial charge in [-0.3, -0.25) is 14.2 Å². The fourth-order valence-corrected chi connectivity index (χ4v) is 3.18. The molecule has 0 saturated heterocycles. The van der Waals surface area contributed by atoms with Crippen LogP contribution in [0, 0.1) is 5.82 Å². The molecule has 3 rings (SSSR count). The first-order chi connectivity index (χ1) is 13.5. The maximum Gasteiger partial charge on any atom is 0.263 e. The lowest BCUT2D eigenvalue weighted by Crippen LogP contribution is -2.28. The molecule has 0 radical (unpaired) electrons. The number of thioether (sulfide) groups is 1. The van der Waals surface area contributed by atoms with Crippen molar-refractivity contribution in [1.82, 2.24) is 10.0 Å². The summed E-state index contributed by atoms with van der Waals surface area (Å²) in [4.78, 5) is 18.3. The number of hydrogen-bond donors (Lipinski definition) is 4. The molecule has 0 spiro atoms. The number of hydroxylamine groups is 1. The van der Waals surface area contributed by atoms with E-state index >= 15 is 0 Å². The van der Waals surface area contributed by atoms with Crippen LogP contribution < -0.4 is 16.4 Å².